The zero-order valence-electron chi connectivity index (χ0n) is 21.3. The van der Waals surface area contributed by atoms with Crippen LogP contribution in [0, 0.1) is 0 Å². The summed E-state index contributed by atoms with van der Waals surface area (Å²) in [4.78, 5) is 21.5. The Labute approximate surface area is 221 Å². The van der Waals surface area contributed by atoms with Gasteiger partial charge in [0.1, 0.15) is 0 Å². The minimum atomic E-state index is -4.43. The Morgan fingerprint density at radius 1 is 1.03 bits per heavy atom. The predicted molar refractivity (Wildman–Crippen MR) is 139 cm³/mol. The molecule has 1 fully saturated rings. The summed E-state index contributed by atoms with van der Waals surface area (Å²) in [5.74, 6) is -0.158. The second kappa shape index (κ2) is 11.2. The van der Waals surface area contributed by atoms with E-state index in [1.807, 2.05) is 25.4 Å². The van der Waals surface area contributed by atoms with Crippen LogP contribution in [0.2, 0.25) is 0 Å². The molecule has 0 aliphatic carbocycles. The number of aromatic nitrogens is 1. The molecule has 0 atom stereocenters. The lowest BCUT2D eigenvalue weighted by Gasteiger charge is -2.37. The fourth-order valence-electron chi connectivity index (χ4n) is 4.68. The lowest BCUT2D eigenvalue weighted by atomic mass is 10.0. The minimum Gasteiger partial charge on any atom is -0.342 e. The summed E-state index contributed by atoms with van der Waals surface area (Å²) in [6, 6.07) is 15.8. The molecule has 0 N–H and O–H groups in total. The van der Waals surface area contributed by atoms with Gasteiger partial charge in [0.25, 0.3) is 0 Å². The number of nitrogens with zero attached hydrogens (tertiary/aromatic N) is 3. The van der Waals surface area contributed by atoms with Crippen LogP contribution in [0.25, 0.3) is 11.3 Å². The molecule has 10 heteroatoms. The number of alkyl halides is 3. The van der Waals surface area contributed by atoms with Crippen LogP contribution in [-0.4, -0.2) is 61.5 Å². The highest BCUT2D eigenvalue weighted by Gasteiger charge is 2.31. The summed E-state index contributed by atoms with van der Waals surface area (Å²) in [6.45, 7) is 1.81. The number of carbonyl (C=O) groups excluding carboxylic acids is 1. The summed E-state index contributed by atoms with van der Waals surface area (Å²) in [5, 5.41) is 0. The van der Waals surface area contributed by atoms with Crippen molar-refractivity contribution in [2.75, 3.05) is 26.4 Å². The van der Waals surface area contributed by atoms with Crippen molar-refractivity contribution in [2.45, 2.75) is 42.9 Å². The van der Waals surface area contributed by atoms with E-state index in [0.717, 1.165) is 41.8 Å². The summed E-state index contributed by atoms with van der Waals surface area (Å²) in [7, 11) is -1.22. The Hall–Kier alpha value is -3.24. The molecule has 1 amide bonds. The number of benzene rings is 2. The summed E-state index contributed by atoms with van der Waals surface area (Å²) >= 11 is 0. The molecule has 1 saturated heterocycles. The number of hydrogen-bond acceptors (Lipinski definition) is 5. The summed E-state index contributed by atoms with van der Waals surface area (Å²) in [6.07, 6.45) is 0.0764. The van der Waals surface area contributed by atoms with E-state index in [1.165, 1.54) is 12.3 Å². The first kappa shape index (κ1) is 27.8. The second-order valence-corrected chi connectivity index (χ2v) is 11.8. The van der Waals surface area contributed by atoms with Crippen molar-refractivity contribution in [3.8, 4) is 11.3 Å². The Kier molecular flexibility index (Phi) is 8.22. The van der Waals surface area contributed by atoms with Gasteiger partial charge in [-0.1, -0.05) is 36.4 Å². The van der Waals surface area contributed by atoms with E-state index < -0.39 is 21.6 Å². The molecule has 3 aromatic rings. The summed E-state index contributed by atoms with van der Waals surface area (Å²) < 4.78 is 62.2. The third-order valence-electron chi connectivity index (χ3n) is 6.89. The number of hydrogen-bond donors (Lipinski definition) is 0. The number of piperidine rings is 1. The molecule has 6 nitrogen and oxygen atoms in total. The molecule has 1 aromatic heterocycles. The molecule has 0 radical (unpaired) electrons. The van der Waals surface area contributed by atoms with Gasteiger partial charge in [-0.15, -0.1) is 0 Å². The first-order valence-corrected chi connectivity index (χ1v) is 14.2. The Balaban J connectivity index is 1.28. The fraction of sp³-hybridized carbons (Fsp3) is 0.357. The molecular weight excluding hydrogens is 515 g/mol. The molecule has 2 heterocycles. The maximum atomic E-state index is 13.0. The van der Waals surface area contributed by atoms with E-state index in [1.54, 1.807) is 35.2 Å². The topological polar surface area (TPSA) is 70.6 Å². The molecule has 38 heavy (non-hydrogen) atoms. The molecule has 0 spiro atoms. The number of rotatable bonds is 7. The molecule has 202 valence electrons. The van der Waals surface area contributed by atoms with Crippen LogP contribution in [0.3, 0.4) is 0 Å². The molecule has 1 aliphatic heterocycles. The van der Waals surface area contributed by atoms with Gasteiger partial charge in [-0.2, -0.15) is 13.2 Å². The zero-order chi connectivity index (χ0) is 27.5. The number of halogens is 3. The quantitative estimate of drug-likeness (QED) is 0.425. The van der Waals surface area contributed by atoms with Gasteiger partial charge >= 0.3 is 6.18 Å². The van der Waals surface area contributed by atoms with Crippen molar-refractivity contribution in [1.29, 1.82) is 0 Å². The minimum absolute atomic E-state index is 0.0422. The van der Waals surface area contributed by atoms with Crippen molar-refractivity contribution < 1.29 is 26.4 Å². The Bertz CT molecular complexity index is 1370. The van der Waals surface area contributed by atoms with E-state index in [2.05, 4.69) is 9.88 Å². The first-order valence-electron chi connectivity index (χ1n) is 12.3. The fourth-order valence-corrected chi connectivity index (χ4v) is 5.31. The van der Waals surface area contributed by atoms with E-state index in [0.29, 0.717) is 25.2 Å². The molecule has 0 unspecified atom stereocenters. The molecule has 2 aromatic carbocycles. The number of pyridine rings is 1. The van der Waals surface area contributed by atoms with Gasteiger partial charge < -0.3 is 4.90 Å². The number of amides is 1. The van der Waals surface area contributed by atoms with Crippen molar-refractivity contribution in [1.82, 2.24) is 14.8 Å². The smallest absolute Gasteiger partial charge is 0.342 e. The van der Waals surface area contributed by atoms with Gasteiger partial charge in [0, 0.05) is 43.7 Å². The van der Waals surface area contributed by atoms with Crippen LogP contribution in [0.15, 0.2) is 71.8 Å². The Morgan fingerprint density at radius 3 is 2.29 bits per heavy atom. The van der Waals surface area contributed by atoms with Crippen LogP contribution in [0.4, 0.5) is 13.2 Å². The number of likely N-dealkylation sites (tertiary alicyclic amines) is 1. The van der Waals surface area contributed by atoms with Crippen LogP contribution >= 0.6 is 0 Å². The molecule has 0 bridgehead atoms. The SMILES string of the molecule is CN(Cc1ccc(-c2ccc(S(C)(=O)=O)cc2)nc1)C1CCN(C(=O)Cc2cccc(C(F)(F)F)c2)CC1. The van der Waals surface area contributed by atoms with Crippen molar-refractivity contribution in [3.63, 3.8) is 0 Å². The monoisotopic (exact) mass is 545 g/mol. The normalized spacial score (nSPS) is 15.2. The highest BCUT2D eigenvalue weighted by molar-refractivity contribution is 7.90. The maximum absolute atomic E-state index is 13.0. The standard InChI is InChI=1S/C28H30F3N3O3S/c1-33(19-21-6-11-26(32-18-21)22-7-9-25(10-8-22)38(2,36)37)24-12-14-34(15-13-24)27(35)17-20-4-3-5-23(16-20)28(29,30)31/h3-11,16,18,24H,12-15,17,19H2,1-2H3. The number of sulfone groups is 1. The van der Waals surface area contributed by atoms with Crippen LogP contribution in [-0.2, 0) is 33.8 Å². The van der Waals surface area contributed by atoms with Crippen LogP contribution in [0.1, 0.15) is 29.5 Å². The van der Waals surface area contributed by atoms with E-state index in [4.69, 9.17) is 0 Å². The van der Waals surface area contributed by atoms with Crippen molar-refractivity contribution in [3.05, 3.63) is 83.6 Å². The lowest BCUT2D eigenvalue weighted by molar-refractivity contribution is -0.138. The van der Waals surface area contributed by atoms with Crippen molar-refractivity contribution >= 4 is 15.7 Å². The average molecular weight is 546 g/mol. The first-order chi connectivity index (χ1) is 17.9. The zero-order valence-corrected chi connectivity index (χ0v) is 22.1. The molecule has 0 saturated carbocycles. The third kappa shape index (κ3) is 6.99. The maximum Gasteiger partial charge on any atom is 0.416 e. The van der Waals surface area contributed by atoms with Crippen LogP contribution < -0.4 is 0 Å². The van der Waals surface area contributed by atoms with E-state index in [9.17, 15) is 26.4 Å². The molecule has 1 aliphatic rings. The van der Waals surface area contributed by atoms with Gasteiger partial charge in [-0.25, -0.2) is 8.42 Å². The van der Waals surface area contributed by atoms with E-state index >= 15 is 0 Å². The van der Waals surface area contributed by atoms with Gasteiger partial charge in [0.05, 0.1) is 22.6 Å². The van der Waals surface area contributed by atoms with Gasteiger partial charge in [-0.3, -0.25) is 14.7 Å². The molecular formula is C28H30F3N3O3S. The second-order valence-electron chi connectivity index (χ2n) is 9.75. The van der Waals surface area contributed by atoms with Gasteiger partial charge in [0.15, 0.2) is 9.84 Å². The summed E-state index contributed by atoms with van der Waals surface area (Å²) in [5.41, 5.74) is 2.25. The highest BCUT2D eigenvalue weighted by atomic mass is 32.2. The van der Waals surface area contributed by atoms with Gasteiger partial charge in [-0.05, 0) is 55.3 Å². The Morgan fingerprint density at radius 2 is 1.71 bits per heavy atom. The highest BCUT2D eigenvalue weighted by Crippen LogP contribution is 2.30. The predicted octanol–water partition coefficient (Wildman–Crippen LogP) is 4.84. The number of carbonyl (C=O) groups is 1. The van der Waals surface area contributed by atoms with Crippen molar-refractivity contribution in [2.24, 2.45) is 0 Å². The largest absolute Gasteiger partial charge is 0.416 e. The molecule has 4 rings (SSSR count). The average Bonchev–Trinajstić information content (AvgIpc) is 2.88. The van der Waals surface area contributed by atoms with E-state index in [-0.39, 0.29) is 23.3 Å². The third-order valence-corrected chi connectivity index (χ3v) is 8.01. The van der Waals surface area contributed by atoms with Gasteiger partial charge in [0.2, 0.25) is 5.91 Å². The lowest BCUT2D eigenvalue weighted by Crippen LogP contribution is -2.45. The van der Waals surface area contributed by atoms with Crippen LogP contribution in [0.5, 0.6) is 0 Å².